The van der Waals surface area contributed by atoms with Gasteiger partial charge in [-0.1, -0.05) is 24.3 Å². The van der Waals surface area contributed by atoms with Gasteiger partial charge in [-0.15, -0.1) is 0 Å². The van der Waals surface area contributed by atoms with Crippen LogP contribution in [-0.2, 0) is 17.8 Å². The summed E-state index contributed by atoms with van der Waals surface area (Å²) in [4.78, 5) is 17.6. The van der Waals surface area contributed by atoms with Crippen molar-refractivity contribution in [1.82, 2.24) is 10.2 Å². The number of esters is 1. The lowest BCUT2D eigenvalue weighted by atomic mass is 10.1. The van der Waals surface area contributed by atoms with E-state index < -0.39 is 0 Å². The molecular formula is C19H22FN3O2. The van der Waals surface area contributed by atoms with Gasteiger partial charge >= 0.3 is 5.97 Å². The van der Waals surface area contributed by atoms with E-state index in [9.17, 15) is 9.18 Å². The summed E-state index contributed by atoms with van der Waals surface area (Å²) in [6.45, 7) is 1.18. The van der Waals surface area contributed by atoms with Crippen molar-refractivity contribution in [1.29, 1.82) is 0 Å². The molecule has 0 fully saturated rings. The van der Waals surface area contributed by atoms with Gasteiger partial charge in [-0.3, -0.25) is 4.99 Å². The van der Waals surface area contributed by atoms with Gasteiger partial charge in [0.1, 0.15) is 5.82 Å². The Balaban J connectivity index is 1.93. The molecular weight excluding hydrogens is 321 g/mol. The normalized spacial score (nSPS) is 11.1. The topological polar surface area (TPSA) is 53.9 Å². The molecule has 1 N–H and O–H groups in total. The standard InChI is InChI=1S/C19H22FN3O2/c1-21-19(23(2)13-15-6-10-17(20)11-7-15)22-12-14-4-8-16(9-5-14)18(24)25-3/h4-11H,12-13H2,1-3H3,(H,21,22). The van der Waals surface area contributed by atoms with E-state index in [1.54, 1.807) is 31.3 Å². The number of hydrogen-bond donors (Lipinski definition) is 1. The fraction of sp³-hybridized carbons (Fsp3) is 0.263. The molecule has 25 heavy (non-hydrogen) atoms. The summed E-state index contributed by atoms with van der Waals surface area (Å²) in [6, 6.07) is 13.6. The second-order valence-electron chi connectivity index (χ2n) is 5.57. The van der Waals surface area contributed by atoms with E-state index in [1.807, 2.05) is 24.1 Å². The number of ether oxygens (including phenoxy) is 1. The molecule has 0 aliphatic carbocycles. The van der Waals surface area contributed by atoms with Crippen LogP contribution in [0.3, 0.4) is 0 Å². The average molecular weight is 343 g/mol. The Hall–Kier alpha value is -2.89. The van der Waals surface area contributed by atoms with Crippen LogP contribution in [0.25, 0.3) is 0 Å². The summed E-state index contributed by atoms with van der Waals surface area (Å²) in [7, 11) is 4.99. The predicted molar refractivity (Wildman–Crippen MR) is 95.8 cm³/mol. The van der Waals surface area contributed by atoms with E-state index in [-0.39, 0.29) is 11.8 Å². The molecule has 0 saturated carbocycles. The lowest BCUT2D eigenvalue weighted by Crippen LogP contribution is -2.38. The van der Waals surface area contributed by atoms with Gasteiger partial charge < -0.3 is 15.0 Å². The first-order chi connectivity index (χ1) is 12.0. The third-order valence-corrected chi connectivity index (χ3v) is 3.73. The van der Waals surface area contributed by atoms with Crippen LogP contribution in [0.1, 0.15) is 21.5 Å². The first-order valence-electron chi connectivity index (χ1n) is 7.87. The van der Waals surface area contributed by atoms with Gasteiger partial charge in [0.25, 0.3) is 0 Å². The zero-order chi connectivity index (χ0) is 18.2. The van der Waals surface area contributed by atoms with Crippen LogP contribution in [0.2, 0.25) is 0 Å². The molecule has 0 aliphatic heterocycles. The molecule has 0 saturated heterocycles. The second kappa shape index (κ2) is 8.82. The summed E-state index contributed by atoms with van der Waals surface area (Å²) in [5.41, 5.74) is 2.53. The fourth-order valence-electron chi connectivity index (χ4n) is 2.38. The molecule has 0 radical (unpaired) electrons. The third kappa shape index (κ3) is 5.31. The van der Waals surface area contributed by atoms with Crippen molar-refractivity contribution in [3.63, 3.8) is 0 Å². The molecule has 2 rings (SSSR count). The number of rotatable bonds is 5. The molecule has 0 aromatic heterocycles. The molecule has 0 spiro atoms. The van der Waals surface area contributed by atoms with Crippen molar-refractivity contribution in [2.45, 2.75) is 13.1 Å². The molecule has 0 amide bonds. The highest BCUT2D eigenvalue weighted by Crippen LogP contribution is 2.08. The Morgan fingerprint density at radius 2 is 1.72 bits per heavy atom. The molecule has 0 aliphatic rings. The molecule has 0 unspecified atom stereocenters. The molecule has 0 heterocycles. The quantitative estimate of drug-likeness (QED) is 0.515. The summed E-state index contributed by atoms with van der Waals surface area (Å²) in [5.74, 6) is 0.125. The minimum atomic E-state index is -0.352. The van der Waals surface area contributed by atoms with Crippen LogP contribution >= 0.6 is 0 Å². The number of nitrogens with zero attached hydrogens (tertiary/aromatic N) is 2. The highest BCUT2D eigenvalue weighted by Gasteiger charge is 2.08. The van der Waals surface area contributed by atoms with Gasteiger partial charge in [0.15, 0.2) is 5.96 Å². The maximum absolute atomic E-state index is 13.0. The first-order valence-corrected chi connectivity index (χ1v) is 7.87. The van der Waals surface area contributed by atoms with Crippen LogP contribution in [0.4, 0.5) is 4.39 Å². The minimum absolute atomic E-state index is 0.246. The van der Waals surface area contributed by atoms with Crippen LogP contribution in [-0.4, -0.2) is 38.0 Å². The van der Waals surface area contributed by atoms with E-state index in [0.717, 1.165) is 17.1 Å². The van der Waals surface area contributed by atoms with Gasteiger partial charge in [0, 0.05) is 27.2 Å². The summed E-state index contributed by atoms with van der Waals surface area (Å²) in [6.07, 6.45) is 0. The van der Waals surface area contributed by atoms with E-state index >= 15 is 0 Å². The van der Waals surface area contributed by atoms with E-state index in [4.69, 9.17) is 0 Å². The van der Waals surface area contributed by atoms with Gasteiger partial charge in [0.2, 0.25) is 0 Å². The van der Waals surface area contributed by atoms with Crippen LogP contribution in [0.5, 0.6) is 0 Å². The molecule has 2 aromatic rings. The predicted octanol–water partition coefficient (Wildman–Crippen LogP) is 2.82. The monoisotopic (exact) mass is 343 g/mol. The number of benzene rings is 2. The van der Waals surface area contributed by atoms with Crippen LogP contribution in [0, 0.1) is 5.82 Å². The van der Waals surface area contributed by atoms with Crippen molar-refractivity contribution in [3.05, 3.63) is 71.0 Å². The van der Waals surface area contributed by atoms with Crippen LogP contribution < -0.4 is 5.32 Å². The van der Waals surface area contributed by atoms with Gasteiger partial charge in [-0.2, -0.15) is 0 Å². The van der Waals surface area contributed by atoms with E-state index in [0.29, 0.717) is 18.7 Å². The third-order valence-electron chi connectivity index (χ3n) is 3.73. The maximum atomic E-state index is 13.0. The molecule has 132 valence electrons. The second-order valence-corrected chi connectivity index (χ2v) is 5.57. The Bertz CT molecular complexity index is 727. The first kappa shape index (κ1) is 18.4. The summed E-state index contributed by atoms with van der Waals surface area (Å²) < 4.78 is 17.7. The Kier molecular flexibility index (Phi) is 6.51. The SMILES string of the molecule is CN=C(NCc1ccc(C(=O)OC)cc1)N(C)Cc1ccc(F)cc1. The number of aliphatic imine (C=N–C) groups is 1. The van der Waals surface area contributed by atoms with Crippen molar-refractivity contribution in [2.24, 2.45) is 4.99 Å². The maximum Gasteiger partial charge on any atom is 0.337 e. The number of guanidine groups is 1. The smallest absolute Gasteiger partial charge is 0.337 e. The number of carbonyl (C=O) groups is 1. The highest BCUT2D eigenvalue weighted by molar-refractivity contribution is 5.89. The number of halogens is 1. The molecule has 6 heteroatoms. The van der Waals surface area contributed by atoms with Crippen LogP contribution in [0.15, 0.2) is 53.5 Å². The van der Waals surface area contributed by atoms with Gasteiger partial charge in [0.05, 0.1) is 12.7 Å². The number of carbonyl (C=O) groups excluding carboxylic acids is 1. The summed E-state index contributed by atoms with van der Waals surface area (Å²) in [5, 5.41) is 3.27. The van der Waals surface area contributed by atoms with Crippen molar-refractivity contribution < 1.29 is 13.9 Å². The zero-order valence-electron chi connectivity index (χ0n) is 14.6. The van der Waals surface area contributed by atoms with Crippen molar-refractivity contribution in [2.75, 3.05) is 21.2 Å². The minimum Gasteiger partial charge on any atom is -0.465 e. The van der Waals surface area contributed by atoms with Gasteiger partial charge in [-0.25, -0.2) is 9.18 Å². The van der Waals surface area contributed by atoms with E-state index in [1.165, 1.54) is 19.2 Å². The molecule has 2 aromatic carbocycles. The highest BCUT2D eigenvalue weighted by atomic mass is 19.1. The lowest BCUT2D eigenvalue weighted by molar-refractivity contribution is 0.0600. The average Bonchev–Trinajstić information content (AvgIpc) is 2.64. The lowest BCUT2D eigenvalue weighted by Gasteiger charge is -2.22. The van der Waals surface area contributed by atoms with E-state index in [2.05, 4.69) is 15.0 Å². The summed E-state index contributed by atoms with van der Waals surface area (Å²) >= 11 is 0. The Morgan fingerprint density at radius 3 is 2.28 bits per heavy atom. The fourth-order valence-corrected chi connectivity index (χ4v) is 2.38. The Morgan fingerprint density at radius 1 is 1.12 bits per heavy atom. The molecule has 0 atom stereocenters. The molecule has 0 bridgehead atoms. The molecule has 5 nitrogen and oxygen atoms in total. The number of hydrogen-bond acceptors (Lipinski definition) is 3. The van der Waals surface area contributed by atoms with Crippen molar-refractivity contribution in [3.8, 4) is 0 Å². The largest absolute Gasteiger partial charge is 0.465 e. The number of nitrogens with one attached hydrogen (secondary N) is 1. The zero-order valence-corrected chi connectivity index (χ0v) is 14.6. The number of methoxy groups -OCH3 is 1. The van der Waals surface area contributed by atoms with Crippen molar-refractivity contribution >= 4 is 11.9 Å². The van der Waals surface area contributed by atoms with Gasteiger partial charge in [-0.05, 0) is 35.4 Å². The Labute approximate surface area is 147 Å².